The molecule has 0 saturated carbocycles. The van der Waals surface area contributed by atoms with Crippen LogP contribution < -0.4 is 0 Å². The molecular formula is C21H18O. The number of hydrogen-bond acceptors (Lipinski definition) is 1. The first-order chi connectivity index (χ1) is 10.9. The van der Waals surface area contributed by atoms with Crippen molar-refractivity contribution in [2.75, 3.05) is 6.61 Å². The molecule has 0 spiro atoms. The predicted octanol–water partition coefficient (Wildman–Crippen LogP) is 4.34. The molecule has 2 aliphatic carbocycles. The number of rotatable bonds is 2. The van der Waals surface area contributed by atoms with Gasteiger partial charge in [-0.1, -0.05) is 54.3 Å². The number of aliphatic hydroxyl groups excluding tert-OH is 1. The van der Waals surface area contributed by atoms with Crippen LogP contribution in [0.4, 0.5) is 0 Å². The molecule has 1 heteroatoms. The maximum atomic E-state index is 8.86. The van der Waals surface area contributed by atoms with Gasteiger partial charge in [0.15, 0.2) is 0 Å². The van der Waals surface area contributed by atoms with Gasteiger partial charge in [0.2, 0.25) is 0 Å². The molecule has 108 valence electrons. The standard InChI is InChI=1S/C21H18O/c22-14-3-1-2-5-15-8-9-18-11-10-16-6-4-7-17-12-13-19(15)21(18)20(16)17/h4,6-8,11-13,22H,1,3,9-10,14H2. The lowest BCUT2D eigenvalue weighted by Crippen LogP contribution is -2.05. The first kappa shape index (κ1) is 13.4. The van der Waals surface area contributed by atoms with E-state index in [4.69, 9.17) is 5.11 Å². The third-order valence-electron chi connectivity index (χ3n) is 4.52. The maximum Gasteiger partial charge on any atom is 0.0440 e. The maximum absolute atomic E-state index is 8.86. The molecule has 4 rings (SSSR count). The molecule has 0 radical (unpaired) electrons. The normalized spacial score (nSPS) is 15.0. The Morgan fingerprint density at radius 3 is 2.91 bits per heavy atom. The van der Waals surface area contributed by atoms with Crippen molar-refractivity contribution in [1.82, 2.24) is 0 Å². The molecule has 0 bridgehead atoms. The average molecular weight is 286 g/mol. The van der Waals surface area contributed by atoms with Crippen molar-refractivity contribution < 1.29 is 5.11 Å². The van der Waals surface area contributed by atoms with E-state index in [1.165, 1.54) is 33.0 Å². The van der Waals surface area contributed by atoms with E-state index in [0.717, 1.165) is 31.3 Å². The molecule has 0 amide bonds. The summed E-state index contributed by atoms with van der Waals surface area (Å²) in [6, 6.07) is 11.0. The van der Waals surface area contributed by atoms with E-state index in [2.05, 4.69) is 54.3 Å². The summed E-state index contributed by atoms with van der Waals surface area (Å²) < 4.78 is 0. The van der Waals surface area contributed by atoms with Gasteiger partial charge in [0, 0.05) is 18.6 Å². The highest BCUT2D eigenvalue weighted by Crippen LogP contribution is 2.42. The fourth-order valence-corrected chi connectivity index (χ4v) is 3.47. The van der Waals surface area contributed by atoms with Crippen LogP contribution in [-0.2, 0) is 6.42 Å². The fourth-order valence-electron chi connectivity index (χ4n) is 3.47. The zero-order valence-electron chi connectivity index (χ0n) is 12.5. The Labute approximate surface area is 131 Å². The summed E-state index contributed by atoms with van der Waals surface area (Å²) in [4.78, 5) is 0. The van der Waals surface area contributed by atoms with E-state index in [0.29, 0.717) is 0 Å². The minimum absolute atomic E-state index is 0.213. The molecule has 1 N–H and O–H groups in total. The average Bonchev–Trinajstić information content (AvgIpc) is 2.57. The van der Waals surface area contributed by atoms with Crippen molar-refractivity contribution in [2.45, 2.75) is 25.7 Å². The highest BCUT2D eigenvalue weighted by Gasteiger charge is 2.22. The molecule has 0 saturated heterocycles. The van der Waals surface area contributed by atoms with Gasteiger partial charge in [0.25, 0.3) is 0 Å². The van der Waals surface area contributed by atoms with E-state index >= 15 is 0 Å². The summed E-state index contributed by atoms with van der Waals surface area (Å²) in [5, 5.41) is 11.6. The van der Waals surface area contributed by atoms with Crippen LogP contribution in [0.2, 0.25) is 0 Å². The van der Waals surface area contributed by atoms with Crippen molar-refractivity contribution in [3.63, 3.8) is 0 Å². The van der Waals surface area contributed by atoms with Crippen LogP contribution in [0.1, 0.15) is 36.0 Å². The highest BCUT2D eigenvalue weighted by atomic mass is 16.2. The van der Waals surface area contributed by atoms with Crippen LogP contribution in [0.25, 0.3) is 21.9 Å². The number of hydrogen-bond donors (Lipinski definition) is 1. The zero-order chi connectivity index (χ0) is 14.9. The summed E-state index contributed by atoms with van der Waals surface area (Å²) in [7, 11) is 0. The first-order valence-corrected chi connectivity index (χ1v) is 7.93. The van der Waals surface area contributed by atoms with Gasteiger partial charge in [-0.3, -0.25) is 0 Å². The SMILES string of the molecule is OCCCC#CC1=CCC2=CCc3cccc4ccc1c2c34. The number of unbranched alkanes of at least 4 members (excludes halogenated alkanes) is 1. The summed E-state index contributed by atoms with van der Waals surface area (Å²) in [6.45, 7) is 0.213. The fraction of sp³-hybridized carbons (Fsp3) is 0.238. The molecule has 0 unspecified atom stereocenters. The summed E-state index contributed by atoms with van der Waals surface area (Å²) >= 11 is 0. The molecule has 0 fully saturated rings. The van der Waals surface area contributed by atoms with E-state index < -0.39 is 0 Å². The van der Waals surface area contributed by atoms with Gasteiger partial charge >= 0.3 is 0 Å². The van der Waals surface area contributed by atoms with Crippen LogP contribution in [0.5, 0.6) is 0 Å². The van der Waals surface area contributed by atoms with Gasteiger partial charge in [0.1, 0.15) is 0 Å². The number of benzene rings is 2. The Kier molecular flexibility index (Phi) is 3.33. The van der Waals surface area contributed by atoms with Crippen molar-refractivity contribution in [1.29, 1.82) is 0 Å². The van der Waals surface area contributed by atoms with E-state index in [-0.39, 0.29) is 6.61 Å². The smallest absolute Gasteiger partial charge is 0.0440 e. The van der Waals surface area contributed by atoms with Crippen LogP contribution in [0.15, 0.2) is 42.5 Å². The van der Waals surface area contributed by atoms with Gasteiger partial charge in [0.05, 0.1) is 0 Å². The molecule has 22 heavy (non-hydrogen) atoms. The second-order valence-electron chi connectivity index (χ2n) is 5.89. The summed E-state index contributed by atoms with van der Waals surface area (Å²) in [5.74, 6) is 6.51. The monoisotopic (exact) mass is 286 g/mol. The molecule has 2 aromatic carbocycles. The van der Waals surface area contributed by atoms with Gasteiger partial charge in [-0.05, 0) is 52.3 Å². The van der Waals surface area contributed by atoms with Gasteiger partial charge < -0.3 is 5.11 Å². The minimum Gasteiger partial charge on any atom is -0.396 e. The second-order valence-corrected chi connectivity index (χ2v) is 5.89. The molecule has 1 nitrogen and oxygen atoms in total. The topological polar surface area (TPSA) is 20.2 Å². The molecule has 0 atom stereocenters. The molecule has 2 aliphatic rings. The Balaban J connectivity index is 1.86. The van der Waals surface area contributed by atoms with Gasteiger partial charge in [-0.15, -0.1) is 0 Å². The lowest BCUT2D eigenvalue weighted by atomic mass is 9.79. The molecule has 0 aromatic heterocycles. The quantitative estimate of drug-likeness (QED) is 0.643. The molecule has 2 aromatic rings. The van der Waals surface area contributed by atoms with E-state index in [9.17, 15) is 0 Å². The van der Waals surface area contributed by atoms with Crippen molar-refractivity contribution in [3.05, 3.63) is 59.2 Å². The third-order valence-corrected chi connectivity index (χ3v) is 4.52. The lowest BCUT2D eigenvalue weighted by Gasteiger charge is -2.24. The predicted molar refractivity (Wildman–Crippen MR) is 92.3 cm³/mol. The third kappa shape index (κ3) is 2.08. The number of aliphatic hydroxyl groups is 1. The lowest BCUT2D eigenvalue weighted by molar-refractivity contribution is 0.290. The Morgan fingerprint density at radius 1 is 1.05 bits per heavy atom. The van der Waals surface area contributed by atoms with Crippen LogP contribution in [0.3, 0.4) is 0 Å². The zero-order valence-corrected chi connectivity index (χ0v) is 12.5. The largest absolute Gasteiger partial charge is 0.396 e. The number of allylic oxidation sites excluding steroid dienone is 4. The van der Waals surface area contributed by atoms with Crippen molar-refractivity contribution >= 4 is 21.9 Å². The van der Waals surface area contributed by atoms with E-state index in [1.807, 2.05) is 0 Å². The first-order valence-electron chi connectivity index (χ1n) is 7.93. The minimum atomic E-state index is 0.213. The Hall–Kier alpha value is -2.30. The van der Waals surface area contributed by atoms with Crippen molar-refractivity contribution in [2.24, 2.45) is 0 Å². The molecule has 0 heterocycles. The second kappa shape index (κ2) is 5.48. The van der Waals surface area contributed by atoms with Gasteiger partial charge in [-0.25, -0.2) is 0 Å². The van der Waals surface area contributed by atoms with Gasteiger partial charge in [-0.2, -0.15) is 0 Å². The Morgan fingerprint density at radius 2 is 2.00 bits per heavy atom. The highest BCUT2D eigenvalue weighted by molar-refractivity contribution is 6.05. The van der Waals surface area contributed by atoms with Crippen LogP contribution in [0, 0.1) is 11.8 Å². The van der Waals surface area contributed by atoms with Crippen LogP contribution >= 0.6 is 0 Å². The Bertz CT molecular complexity index is 872. The summed E-state index contributed by atoms with van der Waals surface area (Å²) in [6.07, 6.45) is 8.14. The van der Waals surface area contributed by atoms with E-state index in [1.54, 1.807) is 0 Å². The van der Waals surface area contributed by atoms with Crippen LogP contribution in [-0.4, -0.2) is 11.7 Å². The molecular weight excluding hydrogens is 268 g/mol. The van der Waals surface area contributed by atoms with Crippen molar-refractivity contribution in [3.8, 4) is 11.8 Å². The summed E-state index contributed by atoms with van der Waals surface area (Å²) in [5.41, 5.74) is 6.68. The molecule has 0 aliphatic heterocycles.